The molecule has 3 nitrogen and oxygen atoms in total. The molecule has 15 heavy (non-hydrogen) atoms. The zero-order valence-corrected chi connectivity index (χ0v) is 9.41. The van der Waals surface area contributed by atoms with Gasteiger partial charge in [0.25, 0.3) is 0 Å². The van der Waals surface area contributed by atoms with Crippen LogP contribution in [0.5, 0.6) is 5.75 Å². The lowest BCUT2D eigenvalue weighted by atomic mass is 10.1. The number of rotatable bonds is 4. The van der Waals surface area contributed by atoms with Crippen LogP contribution in [-0.4, -0.2) is 13.0 Å². The highest BCUT2D eigenvalue weighted by atomic mass is 16.5. The van der Waals surface area contributed by atoms with E-state index in [1.807, 2.05) is 38.1 Å². The molecule has 1 rings (SSSR count). The average Bonchev–Trinajstić information content (AvgIpc) is 2.28. The Morgan fingerprint density at radius 2 is 2.13 bits per heavy atom. The quantitative estimate of drug-likeness (QED) is 0.822. The molecule has 0 radical (unpaired) electrons. The summed E-state index contributed by atoms with van der Waals surface area (Å²) >= 11 is 0. The first-order chi connectivity index (χ1) is 7.19. The van der Waals surface area contributed by atoms with E-state index in [0.717, 1.165) is 11.3 Å². The topological polar surface area (TPSA) is 38.3 Å². The third-order valence-corrected chi connectivity index (χ3v) is 2.30. The Kier molecular flexibility index (Phi) is 4.16. The van der Waals surface area contributed by atoms with Crippen LogP contribution in [0.25, 0.3) is 0 Å². The van der Waals surface area contributed by atoms with E-state index in [1.54, 1.807) is 7.11 Å². The minimum absolute atomic E-state index is 0.0198. The van der Waals surface area contributed by atoms with Gasteiger partial charge in [-0.1, -0.05) is 25.1 Å². The maximum absolute atomic E-state index is 11.2. The molecule has 0 bridgehead atoms. The Labute approximate surface area is 90.4 Å². The number of carbonyl (C=O) groups is 1. The van der Waals surface area contributed by atoms with Crippen molar-refractivity contribution in [2.45, 2.75) is 26.3 Å². The third kappa shape index (κ3) is 2.98. The van der Waals surface area contributed by atoms with Crippen LogP contribution in [0.4, 0.5) is 0 Å². The van der Waals surface area contributed by atoms with Gasteiger partial charge in [-0.2, -0.15) is 0 Å². The van der Waals surface area contributed by atoms with E-state index in [1.165, 1.54) is 0 Å². The number of hydrogen-bond donors (Lipinski definition) is 1. The van der Waals surface area contributed by atoms with Crippen LogP contribution in [-0.2, 0) is 4.79 Å². The molecule has 0 spiro atoms. The molecule has 82 valence electrons. The van der Waals surface area contributed by atoms with Crippen LogP contribution in [0.1, 0.15) is 31.9 Å². The van der Waals surface area contributed by atoms with Crippen LogP contribution in [0.15, 0.2) is 24.3 Å². The molecule has 3 heteroatoms. The van der Waals surface area contributed by atoms with E-state index < -0.39 is 0 Å². The zero-order chi connectivity index (χ0) is 11.3. The minimum Gasteiger partial charge on any atom is -0.496 e. The molecular weight excluding hydrogens is 190 g/mol. The summed E-state index contributed by atoms with van der Waals surface area (Å²) in [4.78, 5) is 11.2. The Hall–Kier alpha value is -1.51. The van der Waals surface area contributed by atoms with Gasteiger partial charge in [0.15, 0.2) is 0 Å². The first kappa shape index (κ1) is 11.6. The van der Waals surface area contributed by atoms with Crippen LogP contribution in [0, 0.1) is 0 Å². The summed E-state index contributed by atoms with van der Waals surface area (Å²) in [6.45, 7) is 3.79. The third-order valence-electron chi connectivity index (χ3n) is 2.30. The van der Waals surface area contributed by atoms with Crippen LogP contribution in [0.2, 0.25) is 0 Å². The predicted molar refractivity (Wildman–Crippen MR) is 59.8 cm³/mol. The number of methoxy groups -OCH3 is 1. The lowest BCUT2D eigenvalue weighted by Gasteiger charge is -2.16. The molecule has 0 aliphatic heterocycles. The smallest absolute Gasteiger partial charge is 0.220 e. The van der Waals surface area contributed by atoms with E-state index in [9.17, 15) is 4.79 Å². The van der Waals surface area contributed by atoms with Crippen molar-refractivity contribution in [2.24, 2.45) is 0 Å². The molecule has 0 aromatic heterocycles. The summed E-state index contributed by atoms with van der Waals surface area (Å²) < 4.78 is 5.23. The van der Waals surface area contributed by atoms with Gasteiger partial charge >= 0.3 is 0 Å². The number of amides is 1. The second-order valence-corrected chi connectivity index (χ2v) is 3.38. The molecule has 1 N–H and O–H groups in total. The van der Waals surface area contributed by atoms with Crippen LogP contribution >= 0.6 is 0 Å². The van der Waals surface area contributed by atoms with E-state index >= 15 is 0 Å². The van der Waals surface area contributed by atoms with Gasteiger partial charge in [-0.15, -0.1) is 0 Å². The summed E-state index contributed by atoms with van der Waals surface area (Å²) in [7, 11) is 1.63. The largest absolute Gasteiger partial charge is 0.496 e. The number of carbonyl (C=O) groups excluding carboxylic acids is 1. The van der Waals surface area contributed by atoms with E-state index in [4.69, 9.17) is 4.74 Å². The molecule has 1 atom stereocenters. The number of para-hydroxylation sites is 1. The SMILES string of the molecule is CCC(=O)N[C@@H](C)c1ccccc1OC. The van der Waals surface area contributed by atoms with Crippen LogP contribution in [0.3, 0.4) is 0 Å². The zero-order valence-electron chi connectivity index (χ0n) is 9.41. The highest BCUT2D eigenvalue weighted by Crippen LogP contribution is 2.24. The maximum Gasteiger partial charge on any atom is 0.220 e. The summed E-state index contributed by atoms with van der Waals surface area (Å²) in [6.07, 6.45) is 0.499. The molecule has 0 unspecified atom stereocenters. The van der Waals surface area contributed by atoms with Gasteiger partial charge in [0.05, 0.1) is 13.2 Å². The Bertz CT molecular complexity index is 336. The lowest BCUT2D eigenvalue weighted by molar-refractivity contribution is -0.121. The van der Waals surface area contributed by atoms with Crippen molar-refractivity contribution in [3.8, 4) is 5.75 Å². The first-order valence-corrected chi connectivity index (χ1v) is 5.11. The first-order valence-electron chi connectivity index (χ1n) is 5.11. The van der Waals surface area contributed by atoms with Gasteiger partial charge in [0.2, 0.25) is 5.91 Å². The summed E-state index contributed by atoms with van der Waals surface area (Å²) in [5, 5.41) is 2.90. The van der Waals surface area contributed by atoms with Gasteiger partial charge in [0, 0.05) is 12.0 Å². The van der Waals surface area contributed by atoms with E-state index in [2.05, 4.69) is 5.32 Å². The van der Waals surface area contributed by atoms with Crippen molar-refractivity contribution in [1.82, 2.24) is 5.32 Å². The fourth-order valence-electron chi connectivity index (χ4n) is 1.45. The molecule has 1 aromatic carbocycles. The number of nitrogens with one attached hydrogen (secondary N) is 1. The second kappa shape index (κ2) is 5.39. The van der Waals surface area contributed by atoms with Gasteiger partial charge in [0.1, 0.15) is 5.75 Å². The van der Waals surface area contributed by atoms with Crippen molar-refractivity contribution in [2.75, 3.05) is 7.11 Å². The Morgan fingerprint density at radius 3 is 2.73 bits per heavy atom. The van der Waals surface area contributed by atoms with E-state index in [0.29, 0.717) is 6.42 Å². The maximum atomic E-state index is 11.2. The van der Waals surface area contributed by atoms with Gasteiger partial charge in [-0.3, -0.25) is 4.79 Å². The van der Waals surface area contributed by atoms with Crippen molar-refractivity contribution in [3.63, 3.8) is 0 Å². The average molecular weight is 207 g/mol. The highest BCUT2D eigenvalue weighted by Gasteiger charge is 2.11. The number of hydrogen-bond acceptors (Lipinski definition) is 2. The monoisotopic (exact) mass is 207 g/mol. The highest BCUT2D eigenvalue weighted by molar-refractivity contribution is 5.76. The van der Waals surface area contributed by atoms with Crippen LogP contribution < -0.4 is 10.1 Å². The van der Waals surface area contributed by atoms with Crippen molar-refractivity contribution < 1.29 is 9.53 Å². The fraction of sp³-hybridized carbons (Fsp3) is 0.417. The van der Waals surface area contributed by atoms with Gasteiger partial charge in [-0.25, -0.2) is 0 Å². The standard InChI is InChI=1S/C12H17NO2/c1-4-12(14)13-9(2)10-7-5-6-8-11(10)15-3/h5-9H,4H2,1-3H3,(H,13,14)/t9-/m0/s1. The Morgan fingerprint density at radius 1 is 1.47 bits per heavy atom. The molecule has 1 amide bonds. The van der Waals surface area contributed by atoms with Crippen molar-refractivity contribution in [3.05, 3.63) is 29.8 Å². The van der Waals surface area contributed by atoms with Gasteiger partial charge in [-0.05, 0) is 13.0 Å². The van der Waals surface area contributed by atoms with Crippen molar-refractivity contribution >= 4 is 5.91 Å². The molecule has 0 saturated carbocycles. The summed E-state index contributed by atoms with van der Waals surface area (Å²) in [5.74, 6) is 0.856. The summed E-state index contributed by atoms with van der Waals surface area (Å²) in [5.41, 5.74) is 1.00. The van der Waals surface area contributed by atoms with E-state index in [-0.39, 0.29) is 11.9 Å². The second-order valence-electron chi connectivity index (χ2n) is 3.38. The molecule has 1 aromatic rings. The summed E-state index contributed by atoms with van der Waals surface area (Å²) in [6, 6.07) is 7.68. The fourth-order valence-corrected chi connectivity index (χ4v) is 1.45. The number of benzene rings is 1. The molecule has 0 aliphatic rings. The lowest BCUT2D eigenvalue weighted by Crippen LogP contribution is -2.25. The van der Waals surface area contributed by atoms with Gasteiger partial charge < -0.3 is 10.1 Å². The normalized spacial score (nSPS) is 11.9. The van der Waals surface area contributed by atoms with Crippen molar-refractivity contribution in [1.29, 1.82) is 0 Å². The molecule has 0 fully saturated rings. The molecular formula is C12H17NO2. The molecule has 0 saturated heterocycles. The number of ether oxygens (including phenoxy) is 1. The molecule has 0 aliphatic carbocycles. The predicted octanol–water partition coefficient (Wildman–Crippen LogP) is 2.28. The molecule has 0 heterocycles. The minimum atomic E-state index is -0.0198. The Balaban J connectivity index is 2.80.